The molecule has 0 bridgehead atoms. The number of hydrogen-bond acceptors (Lipinski definition) is 5. The van der Waals surface area contributed by atoms with Crippen LogP contribution < -0.4 is 4.74 Å². The lowest BCUT2D eigenvalue weighted by atomic mass is 10.3. The van der Waals surface area contributed by atoms with Crippen molar-refractivity contribution < 1.29 is 9.15 Å². The van der Waals surface area contributed by atoms with Gasteiger partial charge >= 0.3 is 0 Å². The minimum absolute atomic E-state index is 0.221. The molecule has 25 heavy (non-hydrogen) atoms. The number of hydrogen-bond donors (Lipinski definition) is 1. The third-order valence-corrected chi connectivity index (χ3v) is 4.09. The monoisotopic (exact) mass is 396 g/mol. The molecule has 0 aliphatic rings. The van der Waals surface area contributed by atoms with E-state index in [-0.39, 0.29) is 6.61 Å². The van der Waals surface area contributed by atoms with Gasteiger partial charge in [0.25, 0.3) is 0 Å². The van der Waals surface area contributed by atoms with Crippen molar-refractivity contribution in [3.05, 3.63) is 62.5 Å². The van der Waals surface area contributed by atoms with Gasteiger partial charge in [-0.15, -0.1) is 0 Å². The Balaban J connectivity index is 1.68. The van der Waals surface area contributed by atoms with Gasteiger partial charge in [-0.2, -0.15) is 14.9 Å². The molecule has 3 rings (SSSR count). The molecule has 0 fully saturated rings. The summed E-state index contributed by atoms with van der Waals surface area (Å²) in [7, 11) is 0. The average molecular weight is 397 g/mol. The summed E-state index contributed by atoms with van der Waals surface area (Å²) in [5, 5.41) is 12.1. The Morgan fingerprint density at radius 3 is 3.00 bits per heavy atom. The number of aromatic nitrogens is 3. The van der Waals surface area contributed by atoms with E-state index in [0.717, 1.165) is 5.82 Å². The molecule has 0 unspecified atom stereocenters. The Labute approximate surface area is 159 Å². The van der Waals surface area contributed by atoms with Crippen molar-refractivity contribution in [2.24, 2.45) is 5.10 Å². The molecule has 0 atom stereocenters. The molecule has 0 amide bonds. The molecule has 0 aliphatic carbocycles. The van der Waals surface area contributed by atoms with Crippen LogP contribution in [-0.4, -0.2) is 21.1 Å². The lowest BCUT2D eigenvalue weighted by Gasteiger charge is -2.06. The fourth-order valence-electron chi connectivity index (χ4n) is 2.06. The molecule has 0 saturated heterocycles. The third kappa shape index (κ3) is 4.31. The Morgan fingerprint density at radius 1 is 1.36 bits per heavy atom. The Kier molecular flexibility index (Phi) is 5.57. The zero-order valence-corrected chi connectivity index (χ0v) is 15.5. The van der Waals surface area contributed by atoms with Gasteiger partial charge in [0.15, 0.2) is 5.82 Å². The normalized spacial score (nSPS) is 11.3. The third-order valence-electron chi connectivity index (χ3n) is 3.28. The molecular formula is C16H14Cl2N4O2S. The highest BCUT2D eigenvalue weighted by molar-refractivity contribution is 7.71. The molecule has 2 aromatic heterocycles. The van der Waals surface area contributed by atoms with Crippen LogP contribution in [0.2, 0.25) is 10.0 Å². The van der Waals surface area contributed by atoms with Gasteiger partial charge in [0, 0.05) is 17.5 Å². The quantitative estimate of drug-likeness (QED) is 0.476. The number of nitrogens with one attached hydrogen (secondary N) is 1. The highest BCUT2D eigenvalue weighted by Crippen LogP contribution is 2.28. The van der Waals surface area contributed by atoms with Crippen LogP contribution in [0.5, 0.6) is 5.75 Å². The molecule has 0 spiro atoms. The SMILES string of the molecule is CCc1n[nH]c(=S)n1N=Cc1ccc(COc2cc(Cl)ccc2Cl)o1. The molecule has 1 N–H and O–H groups in total. The largest absolute Gasteiger partial charge is 0.484 e. The van der Waals surface area contributed by atoms with Crippen LogP contribution in [0, 0.1) is 4.77 Å². The van der Waals surface area contributed by atoms with E-state index in [1.54, 1.807) is 41.2 Å². The summed E-state index contributed by atoms with van der Waals surface area (Å²) in [5.74, 6) is 2.44. The first-order chi connectivity index (χ1) is 12.1. The predicted molar refractivity (Wildman–Crippen MR) is 99.3 cm³/mol. The van der Waals surface area contributed by atoms with Crippen molar-refractivity contribution in [2.75, 3.05) is 0 Å². The highest BCUT2D eigenvalue weighted by atomic mass is 35.5. The standard InChI is InChI=1S/C16H14Cl2N4O2S/c1-2-15-20-21-16(25)22(15)19-8-11-4-5-12(24-11)9-23-14-7-10(17)3-6-13(14)18/h3-8H,2,9H2,1H3,(H,21,25). The summed E-state index contributed by atoms with van der Waals surface area (Å²) in [6, 6.07) is 8.62. The predicted octanol–water partition coefficient (Wildman–Crippen LogP) is 4.86. The lowest BCUT2D eigenvalue weighted by Crippen LogP contribution is -1.97. The van der Waals surface area contributed by atoms with Gasteiger partial charge in [0.2, 0.25) is 4.77 Å². The maximum absolute atomic E-state index is 6.06. The number of aryl methyl sites for hydroxylation is 1. The number of aromatic amines is 1. The van der Waals surface area contributed by atoms with Crippen LogP contribution in [0.4, 0.5) is 0 Å². The minimum Gasteiger partial charge on any atom is -0.484 e. The summed E-state index contributed by atoms with van der Waals surface area (Å²) in [5.41, 5.74) is 0. The van der Waals surface area contributed by atoms with Crippen molar-refractivity contribution in [1.82, 2.24) is 14.9 Å². The van der Waals surface area contributed by atoms with Crippen molar-refractivity contribution in [3.8, 4) is 5.75 Å². The number of H-pyrrole nitrogens is 1. The Hall–Kier alpha value is -2.09. The highest BCUT2D eigenvalue weighted by Gasteiger charge is 2.06. The minimum atomic E-state index is 0.221. The van der Waals surface area contributed by atoms with E-state index in [1.165, 1.54) is 0 Å². The van der Waals surface area contributed by atoms with Gasteiger partial charge in [-0.25, -0.2) is 0 Å². The van der Waals surface area contributed by atoms with Crippen LogP contribution in [-0.2, 0) is 13.0 Å². The fourth-order valence-corrected chi connectivity index (χ4v) is 2.60. The molecule has 9 heteroatoms. The van der Waals surface area contributed by atoms with Gasteiger partial charge in [-0.3, -0.25) is 5.10 Å². The van der Waals surface area contributed by atoms with E-state index in [1.807, 2.05) is 6.92 Å². The summed E-state index contributed by atoms with van der Waals surface area (Å²) < 4.78 is 13.3. The average Bonchev–Trinajstić information content (AvgIpc) is 3.20. The Bertz CT molecular complexity index is 961. The van der Waals surface area contributed by atoms with Crippen molar-refractivity contribution >= 4 is 41.6 Å². The molecule has 0 aliphatic heterocycles. The zero-order chi connectivity index (χ0) is 17.8. The number of halogens is 2. The van der Waals surface area contributed by atoms with Gasteiger partial charge in [-0.05, 0) is 36.5 Å². The Morgan fingerprint density at radius 2 is 2.20 bits per heavy atom. The van der Waals surface area contributed by atoms with Crippen molar-refractivity contribution in [3.63, 3.8) is 0 Å². The van der Waals surface area contributed by atoms with Gasteiger partial charge in [-0.1, -0.05) is 30.1 Å². The first kappa shape index (κ1) is 17.7. The number of furan rings is 1. The second-order valence-electron chi connectivity index (χ2n) is 5.02. The van der Waals surface area contributed by atoms with Crippen LogP contribution in [0.1, 0.15) is 24.3 Å². The van der Waals surface area contributed by atoms with E-state index < -0.39 is 0 Å². The van der Waals surface area contributed by atoms with Gasteiger partial charge in [0.1, 0.15) is 23.9 Å². The first-order valence-electron chi connectivity index (χ1n) is 7.44. The molecule has 0 saturated carbocycles. The van der Waals surface area contributed by atoms with Crippen molar-refractivity contribution in [2.45, 2.75) is 20.0 Å². The summed E-state index contributed by atoms with van der Waals surface area (Å²) in [6.45, 7) is 2.19. The molecule has 3 aromatic rings. The molecule has 1 aromatic carbocycles. The van der Waals surface area contributed by atoms with Gasteiger partial charge in [0.05, 0.1) is 11.2 Å². The number of nitrogens with zero attached hydrogens (tertiary/aromatic N) is 3. The smallest absolute Gasteiger partial charge is 0.216 e. The van der Waals surface area contributed by atoms with E-state index >= 15 is 0 Å². The van der Waals surface area contributed by atoms with E-state index in [4.69, 9.17) is 44.6 Å². The molecule has 130 valence electrons. The maximum atomic E-state index is 6.06. The van der Waals surface area contributed by atoms with Crippen LogP contribution >= 0.6 is 35.4 Å². The first-order valence-corrected chi connectivity index (χ1v) is 8.60. The van der Waals surface area contributed by atoms with E-state index in [9.17, 15) is 0 Å². The van der Waals surface area contributed by atoms with Crippen molar-refractivity contribution in [1.29, 1.82) is 0 Å². The second kappa shape index (κ2) is 7.86. The summed E-state index contributed by atoms with van der Waals surface area (Å²) in [6.07, 6.45) is 2.28. The molecule has 6 nitrogen and oxygen atoms in total. The van der Waals surface area contributed by atoms with Gasteiger partial charge < -0.3 is 9.15 Å². The topological polar surface area (TPSA) is 68.3 Å². The summed E-state index contributed by atoms with van der Waals surface area (Å²) >= 11 is 17.1. The second-order valence-corrected chi connectivity index (χ2v) is 6.25. The molecule has 0 radical (unpaired) electrons. The summed E-state index contributed by atoms with van der Waals surface area (Å²) in [4.78, 5) is 0. The fraction of sp³-hybridized carbons (Fsp3) is 0.188. The maximum Gasteiger partial charge on any atom is 0.216 e. The van der Waals surface area contributed by atoms with Crippen LogP contribution in [0.25, 0.3) is 0 Å². The molecule has 2 heterocycles. The number of ether oxygens (including phenoxy) is 1. The van der Waals surface area contributed by atoms with Crippen LogP contribution in [0.15, 0.2) is 39.9 Å². The van der Waals surface area contributed by atoms with E-state index in [0.29, 0.717) is 38.5 Å². The van der Waals surface area contributed by atoms with E-state index in [2.05, 4.69) is 15.3 Å². The lowest BCUT2D eigenvalue weighted by molar-refractivity contribution is 0.270. The van der Waals surface area contributed by atoms with Crippen LogP contribution in [0.3, 0.4) is 0 Å². The number of rotatable bonds is 6. The zero-order valence-electron chi connectivity index (χ0n) is 13.2. The number of benzene rings is 1. The molecular weight excluding hydrogens is 383 g/mol.